The van der Waals surface area contributed by atoms with Crippen LogP contribution in [-0.2, 0) is 26.5 Å². The van der Waals surface area contributed by atoms with Gasteiger partial charge in [-0.1, -0.05) is 38.2 Å². The molecular weight excluding hydrogens is 490 g/mol. The van der Waals surface area contributed by atoms with Gasteiger partial charge in [-0.25, -0.2) is 4.79 Å². The van der Waals surface area contributed by atoms with Crippen molar-refractivity contribution < 1.29 is 19.1 Å². The van der Waals surface area contributed by atoms with Gasteiger partial charge < -0.3 is 15.4 Å². The first kappa shape index (κ1) is 26.5. The number of Topliss-reactive ketones (excluding diaryl/α,β-unsaturated/α-hetero) is 1. The maximum atomic E-state index is 14.1. The van der Waals surface area contributed by atoms with E-state index in [1.54, 1.807) is 0 Å². The Bertz CT molecular complexity index is 1270. The quantitative estimate of drug-likeness (QED) is 0.517. The molecule has 0 unspecified atom stereocenters. The second kappa shape index (κ2) is 10.4. The van der Waals surface area contributed by atoms with E-state index in [0.717, 1.165) is 48.6 Å². The van der Waals surface area contributed by atoms with Crippen molar-refractivity contribution in [3.05, 3.63) is 35.5 Å². The molecule has 0 radical (unpaired) electrons. The van der Waals surface area contributed by atoms with Crippen LogP contribution in [-0.4, -0.2) is 46.3 Å². The predicted octanol–water partition coefficient (Wildman–Crippen LogP) is 5.18. The second-order valence-corrected chi connectivity index (χ2v) is 13.0. The van der Waals surface area contributed by atoms with Crippen LogP contribution < -0.4 is 5.73 Å². The fourth-order valence-electron chi connectivity index (χ4n) is 8.15. The lowest BCUT2D eigenvalue weighted by atomic mass is 9.75. The highest BCUT2D eigenvalue weighted by Gasteiger charge is 2.46. The Balaban J connectivity index is 1.25. The number of hydrogen-bond donors (Lipinski definition) is 1. The summed E-state index contributed by atoms with van der Waals surface area (Å²) in [5, 5.41) is 0.944. The summed E-state index contributed by atoms with van der Waals surface area (Å²) in [7, 11) is 0. The minimum Gasteiger partial charge on any atom is -0.434 e. The van der Waals surface area contributed by atoms with Crippen LogP contribution in [0.1, 0.15) is 94.1 Å². The van der Waals surface area contributed by atoms with Gasteiger partial charge in [0, 0.05) is 24.3 Å². The number of carbonyl (C=O) groups is 3. The molecule has 1 aromatic heterocycles. The predicted molar refractivity (Wildman–Crippen MR) is 150 cm³/mol. The molecule has 2 N–H and O–H groups in total. The molecule has 210 valence electrons. The molecule has 6 rings (SSSR count). The number of carbonyl (C=O) groups excluding carboxylic acids is 3. The van der Waals surface area contributed by atoms with Crippen LogP contribution in [0.5, 0.6) is 0 Å². The number of ketones is 1. The standard InChI is InChI=1S/C32H43N3O4/c1-32(2)35-26-13-10-21(16-24(26)18-27(35)31(38)39-32)17-28(36)29-25(22-6-4-3-5-7-22)14-15-34(29)30(37)23-11-8-20(19-33)9-12-23/h10,13,16,18,20,22-23,25,29H,3-9,11-12,14-15,17,19,33H2,1-2H3/t20?,23?,25-,29-/m0/s1. The number of cyclic esters (lactones) is 1. The first-order chi connectivity index (χ1) is 18.8. The number of fused-ring (bicyclic) bond motifs is 3. The number of rotatable bonds is 6. The molecule has 1 amide bonds. The summed E-state index contributed by atoms with van der Waals surface area (Å²) in [6.07, 6.45) is 11.1. The van der Waals surface area contributed by atoms with E-state index in [9.17, 15) is 14.4 Å². The molecule has 2 aliphatic heterocycles. The van der Waals surface area contributed by atoms with Crippen molar-refractivity contribution in [2.45, 2.75) is 96.2 Å². The molecule has 0 spiro atoms. The largest absolute Gasteiger partial charge is 0.434 e. The lowest BCUT2D eigenvalue weighted by molar-refractivity contribution is -0.143. The van der Waals surface area contributed by atoms with Crippen LogP contribution in [0.4, 0.5) is 0 Å². The molecule has 7 nitrogen and oxygen atoms in total. The van der Waals surface area contributed by atoms with E-state index in [1.807, 2.05) is 47.6 Å². The number of esters is 1. The highest BCUT2D eigenvalue weighted by Crippen LogP contribution is 2.42. The van der Waals surface area contributed by atoms with Crippen LogP contribution >= 0.6 is 0 Å². The van der Waals surface area contributed by atoms with E-state index in [-0.39, 0.29) is 35.5 Å². The SMILES string of the molecule is CC1(C)OC(=O)c2cc3cc(CC(=O)[C@@H]4[C@H](C5CCCCC5)CCN4C(=O)C4CCC(CN)CC4)ccc3n21. The summed E-state index contributed by atoms with van der Waals surface area (Å²) in [6, 6.07) is 7.58. The van der Waals surface area contributed by atoms with Crippen molar-refractivity contribution in [2.24, 2.45) is 29.4 Å². The first-order valence-electron chi connectivity index (χ1n) is 15.2. The Labute approximate surface area is 231 Å². The van der Waals surface area contributed by atoms with E-state index in [1.165, 1.54) is 32.1 Å². The number of amides is 1. The number of ether oxygens (including phenoxy) is 1. The molecule has 1 aromatic carbocycles. The number of aromatic nitrogens is 1. The lowest BCUT2D eigenvalue weighted by Crippen LogP contribution is -2.48. The van der Waals surface area contributed by atoms with Gasteiger partial charge >= 0.3 is 5.97 Å². The molecular formula is C32H43N3O4. The molecule has 39 heavy (non-hydrogen) atoms. The third kappa shape index (κ3) is 4.81. The van der Waals surface area contributed by atoms with Crippen molar-refractivity contribution in [2.75, 3.05) is 13.1 Å². The number of hydrogen-bond acceptors (Lipinski definition) is 5. The Hall–Kier alpha value is -2.67. The average Bonchev–Trinajstić information content (AvgIpc) is 3.61. The van der Waals surface area contributed by atoms with Crippen molar-refractivity contribution in [3.63, 3.8) is 0 Å². The van der Waals surface area contributed by atoms with Gasteiger partial charge in [0.1, 0.15) is 5.69 Å². The molecule has 1 saturated heterocycles. The van der Waals surface area contributed by atoms with Crippen LogP contribution in [0.2, 0.25) is 0 Å². The van der Waals surface area contributed by atoms with Gasteiger partial charge in [-0.2, -0.15) is 0 Å². The Kier molecular flexibility index (Phi) is 7.07. The summed E-state index contributed by atoms with van der Waals surface area (Å²) in [4.78, 5) is 42.3. The average molecular weight is 534 g/mol. The minimum atomic E-state index is -0.729. The van der Waals surface area contributed by atoms with Gasteiger partial charge in [-0.15, -0.1) is 0 Å². The molecule has 7 heteroatoms. The van der Waals surface area contributed by atoms with Crippen LogP contribution in [0.25, 0.3) is 10.9 Å². The van der Waals surface area contributed by atoms with Crippen LogP contribution in [0, 0.1) is 23.7 Å². The van der Waals surface area contributed by atoms with Gasteiger partial charge in [0.15, 0.2) is 11.5 Å². The third-order valence-corrected chi connectivity index (χ3v) is 10.2. The summed E-state index contributed by atoms with van der Waals surface area (Å²) >= 11 is 0. The van der Waals surface area contributed by atoms with Crippen molar-refractivity contribution in [1.82, 2.24) is 9.47 Å². The van der Waals surface area contributed by atoms with E-state index in [0.29, 0.717) is 37.0 Å². The fourth-order valence-corrected chi connectivity index (χ4v) is 8.15. The molecule has 0 bridgehead atoms. The minimum absolute atomic E-state index is 0.0244. The van der Waals surface area contributed by atoms with E-state index in [2.05, 4.69) is 0 Å². The smallest absolute Gasteiger partial charge is 0.357 e. The van der Waals surface area contributed by atoms with Gasteiger partial charge in [0.25, 0.3) is 0 Å². The molecule has 2 aromatic rings. The maximum Gasteiger partial charge on any atom is 0.357 e. The van der Waals surface area contributed by atoms with E-state index < -0.39 is 5.72 Å². The zero-order chi connectivity index (χ0) is 27.3. The fraction of sp³-hybridized carbons (Fsp3) is 0.656. The maximum absolute atomic E-state index is 14.1. The molecule has 2 atom stereocenters. The summed E-state index contributed by atoms with van der Waals surface area (Å²) < 4.78 is 7.46. The van der Waals surface area contributed by atoms with Gasteiger partial charge in [-0.3, -0.25) is 14.2 Å². The van der Waals surface area contributed by atoms with Crippen LogP contribution in [0.15, 0.2) is 24.3 Å². The highest BCUT2D eigenvalue weighted by molar-refractivity contribution is 5.98. The van der Waals surface area contributed by atoms with Gasteiger partial charge in [-0.05, 0) is 94.0 Å². The zero-order valence-electron chi connectivity index (χ0n) is 23.5. The van der Waals surface area contributed by atoms with Gasteiger partial charge in [0.2, 0.25) is 5.91 Å². The number of nitrogens with two attached hydrogens (primary N) is 1. The zero-order valence-corrected chi connectivity index (χ0v) is 23.5. The van der Waals surface area contributed by atoms with Crippen molar-refractivity contribution >= 4 is 28.6 Å². The summed E-state index contributed by atoms with van der Waals surface area (Å²) in [6.45, 7) is 5.18. The van der Waals surface area contributed by atoms with Crippen molar-refractivity contribution in [3.8, 4) is 0 Å². The second-order valence-electron chi connectivity index (χ2n) is 13.0. The normalized spacial score (nSPS) is 29.0. The number of likely N-dealkylation sites (tertiary alicyclic amines) is 1. The Morgan fingerprint density at radius 1 is 1.00 bits per heavy atom. The Morgan fingerprint density at radius 3 is 2.46 bits per heavy atom. The molecule has 2 saturated carbocycles. The number of nitrogens with zero attached hydrogens (tertiary/aromatic N) is 2. The Morgan fingerprint density at radius 2 is 1.74 bits per heavy atom. The van der Waals surface area contributed by atoms with Crippen LogP contribution in [0.3, 0.4) is 0 Å². The lowest BCUT2D eigenvalue weighted by Gasteiger charge is -2.36. The van der Waals surface area contributed by atoms with Gasteiger partial charge in [0.05, 0.1) is 11.6 Å². The molecule has 3 heterocycles. The molecule has 4 aliphatic rings. The molecule has 2 aliphatic carbocycles. The van der Waals surface area contributed by atoms with E-state index >= 15 is 0 Å². The highest BCUT2D eigenvalue weighted by atomic mass is 16.6. The van der Waals surface area contributed by atoms with Crippen molar-refractivity contribution in [1.29, 1.82) is 0 Å². The molecule has 3 fully saturated rings. The van der Waals surface area contributed by atoms with E-state index in [4.69, 9.17) is 10.5 Å². The summed E-state index contributed by atoms with van der Waals surface area (Å²) in [5.74, 6) is 1.39. The summed E-state index contributed by atoms with van der Waals surface area (Å²) in [5.41, 5.74) is 7.58. The third-order valence-electron chi connectivity index (χ3n) is 10.2. The monoisotopic (exact) mass is 533 g/mol. The topological polar surface area (TPSA) is 94.6 Å². The first-order valence-corrected chi connectivity index (χ1v) is 15.2. The number of benzene rings is 1.